The van der Waals surface area contributed by atoms with Crippen molar-refractivity contribution in [2.75, 3.05) is 0 Å². The smallest absolute Gasteiger partial charge is 0.408 e. The van der Waals surface area contributed by atoms with Crippen LogP contribution in [0.25, 0.3) is 0 Å². The predicted octanol–water partition coefficient (Wildman–Crippen LogP) is 3.46. The van der Waals surface area contributed by atoms with Crippen molar-refractivity contribution in [3.8, 4) is 0 Å². The minimum Gasteiger partial charge on any atom is -0.476 e. The van der Waals surface area contributed by atoms with Gasteiger partial charge < -0.3 is 15.2 Å². The molecule has 1 amide bonds. The number of amides is 1. The van der Waals surface area contributed by atoms with Gasteiger partial charge in [0.1, 0.15) is 11.1 Å². The second kappa shape index (κ2) is 7.17. The van der Waals surface area contributed by atoms with Gasteiger partial charge in [-0.1, -0.05) is 34.6 Å². The minimum atomic E-state index is -2.44. The Hall–Kier alpha value is -1.86. The average Bonchev–Trinajstić information content (AvgIpc) is 2.31. The van der Waals surface area contributed by atoms with Crippen molar-refractivity contribution in [2.24, 2.45) is 11.3 Å². The Labute approximate surface area is 149 Å². The molecule has 0 aromatic heterocycles. The molecule has 0 aromatic carbocycles. The van der Waals surface area contributed by atoms with Gasteiger partial charge in [0.15, 0.2) is 0 Å². The first-order chi connectivity index (χ1) is 10.9. The summed E-state index contributed by atoms with van der Waals surface area (Å²) in [6.07, 6.45) is -0.781. The van der Waals surface area contributed by atoms with E-state index in [0.29, 0.717) is 0 Å². The molecule has 2 N–H and O–H groups in total. The van der Waals surface area contributed by atoms with Crippen molar-refractivity contribution < 1.29 is 24.4 Å². The van der Waals surface area contributed by atoms with Gasteiger partial charge in [-0.3, -0.25) is 10.1 Å². The van der Waals surface area contributed by atoms with Crippen molar-refractivity contribution in [1.29, 1.82) is 0 Å². The zero-order valence-electron chi connectivity index (χ0n) is 16.7. The summed E-state index contributed by atoms with van der Waals surface area (Å²) in [5.74, 6) is -1.71. The van der Waals surface area contributed by atoms with Crippen LogP contribution in [0.3, 0.4) is 0 Å². The van der Waals surface area contributed by atoms with Crippen LogP contribution in [0.1, 0.15) is 68.7 Å². The summed E-state index contributed by atoms with van der Waals surface area (Å²) >= 11 is 0. The number of hydrogen-bond donors (Lipinski definition) is 2. The molecule has 0 bridgehead atoms. The number of rotatable bonds is 6. The summed E-state index contributed by atoms with van der Waals surface area (Å²) in [7, 11) is 0. The van der Waals surface area contributed by atoms with E-state index >= 15 is 0 Å². The van der Waals surface area contributed by atoms with Crippen LogP contribution in [-0.4, -0.2) is 38.8 Å². The molecule has 0 aliphatic rings. The first-order valence-corrected chi connectivity index (χ1v) is 8.30. The topological polar surface area (TPSA) is 119 Å². The Bertz CT molecular complexity index is 516. The SMILES string of the molecule is CC(C)C[C@@](NC(=O)OC(C)(C)C)(C(C)(C)C)[C@](C)(C(=O)O)[N+](=O)[O-]. The summed E-state index contributed by atoms with van der Waals surface area (Å²) in [5, 5.41) is 24.1. The molecule has 0 rings (SSSR count). The molecule has 8 heteroatoms. The minimum absolute atomic E-state index is 0.0967. The number of carbonyl (C=O) groups excluding carboxylic acids is 1. The van der Waals surface area contributed by atoms with Crippen molar-refractivity contribution in [1.82, 2.24) is 5.32 Å². The standard InChI is InChI=1S/C17H32N2O6/c1-11(2)10-17(14(3,4)5,16(9,12(20)21)19(23)24)18-13(22)25-15(6,7)8/h11H,10H2,1-9H3,(H,18,22)(H,20,21)/t16-,17+/m0/s1. The van der Waals surface area contributed by atoms with Gasteiger partial charge in [-0.25, -0.2) is 9.59 Å². The molecule has 8 nitrogen and oxygen atoms in total. The van der Waals surface area contributed by atoms with Gasteiger partial charge in [0.25, 0.3) is 0 Å². The van der Waals surface area contributed by atoms with Crippen molar-refractivity contribution in [3.63, 3.8) is 0 Å². The number of ether oxygens (including phenoxy) is 1. The Balaban J connectivity index is 6.50. The summed E-state index contributed by atoms with van der Waals surface area (Å²) in [5.41, 5.74) is -5.87. The number of carboxylic acid groups (broad SMARTS) is 1. The third-order valence-electron chi connectivity index (χ3n) is 4.32. The molecule has 0 saturated carbocycles. The number of aliphatic carboxylic acids is 1. The molecule has 0 aliphatic heterocycles. The molecule has 0 unspecified atom stereocenters. The summed E-state index contributed by atoms with van der Waals surface area (Å²) in [6, 6.07) is 0. The molecule has 0 aromatic rings. The second-order valence-corrected chi connectivity index (χ2v) is 9.01. The second-order valence-electron chi connectivity index (χ2n) is 9.01. The predicted molar refractivity (Wildman–Crippen MR) is 94.0 cm³/mol. The molecular weight excluding hydrogens is 328 g/mol. The van der Waals surface area contributed by atoms with Crippen LogP contribution in [0.4, 0.5) is 4.79 Å². The highest BCUT2D eigenvalue weighted by Crippen LogP contribution is 2.45. The van der Waals surface area contributed by atoms with Crippen molar-refractivity contribution in [2.45, 2.75) is 85.4 Å². The third kappa shape index (κ3) is 4.83. The maximum Gasteiger partial charge on any atom is 0.408 e. The van der Waals surface area contributed by atoms with Crippen molar-refractivity contribution >= 4 is 12.1 Å². The zero-order chi connectivity index (χ0) is 20.4. The van der Waals surface area contributed by atoms with Gasteiger partial charge in [0.2, 0.25) is 0 Å². The zero-order valence-corrected chi connectivity index (χ0v) is 16.7. The lowest BCUT2D eigenvalue weighted by Gasteiger charge is -2.49. The van der Waals surface area contributed by atoms with Crippen LogP contribution >= 0.6 is 0 Å². The van der Waals surface area contributed by atoms with Gasteiger partial charge in [0, 0.05) is 11.8 Å². The number of nitrogens with zero attached hydrogens (tertiary/aromatic N) is 1. The normalized spacial score (nSPS) is 17.4. The molecule has 146 valence electrons. The Morgan fingerprint density at radius 2 is 1.56 bits per heavy atom. The summed E-state index contributed by atoms with van der Waals surface area (Å²) in [4.78, 5) is 35.4. The molecule has 0 aliphatic carbocycles. The van der Waals surface area contributed by atoms with E-state index in [1.54, 1.807) is 41.5 Å². The maximum atomic E-state index is 12.4. The molecule has 25 heavy (non-hydrogen) atoms. The lowest BCUT2D eigenvalue weighted by atomic mass is 9.59. The van der Waals surface area contributed by atoms with E-state index in [1.165, 1.54) is 0 Å². The van der Waals surface area contributed by atoms with E-state index in [-0.39, 0.29) is 12.3 Å². The fourth-order valence-corrected chi connectivity index (χ4v) is 3.10. The average molecular weight is 360 g/mol. The van der Waals surface area contributed by atoms with E-state index in [2.05, 4.69) is 5.32 Å². The monoisotopic (exact) mass is 360 g/mol. The first kappa shape index (κ1) is 23.1. The molecular formula is C17H32N2O6. The quantitative estimate of drug-likeness (QED) is 0.553. The fourth-order valence-electron chi connectivity index (χ4n) is 3.10. The van der Waals surface area contributed by atoms with Gasteiger partial charge >= 0.3 is 17.6 Å². The van der Waals surface area contributed by atoms with Crippen LogP contribution < -0.4 is 5.32 Å². The lowest BCUT2D eigenvalue weighted by Crippen LogP contribution is -2.75. The number of carbonyl (C=O) groups is 2. The van der Waals surface area contributed by atoms with Gasteiger partial charge in [-0.2, -0.15) is 0 Å². The number of nitrogens with one attached hydrogen (secondary N) is 1. The first-order valence-electron chi connectivity index (χ1n) is 8.30. The van der Waals surface area contributed by atoms with Crippen LogP contribution in [0.2, 0.25) is 0 Å². The third-order valence-corrected chi connectivity index (χ3v) is 4.32. The van der Waals surface area contributed by atoms with Gasteiger partial charge in [0.05, 0.1) is 0 Å². The number of carboxylic acids is 1. The van der Waals surface area contributed by atoms with Crippen LogP contribution in [0.5, 0.6) is 0 Å². The lowest BCUT2D eigenvalue weighted by molar-refractivity contribution is -0.568. The van der Waals surface area contributed by atoms with Crippen LogP contribution in [0, 0.1) is 21.4 Å². The summed E-state index contributed by atoms with van der Waals surface area (Å²) < 4.78 is 5.26. The highest BCUT2D eigenvalue weighted by molar-refractivity contribution is 5.81. The molecule has 0 saturated heterocycles. The molecule has 0 spiro atoms. The van der Waals surface area contributed by atoms with E-state index in [1.807, 2.05) is 13.8 Å². The maximum absolute atomic E-state index is 12.4. The van der Waals surface area contributed by atoms with Crippen molar-refractivity contribution in [3.05, 3.63) is 10.1 Å². The highest BCUT2D eigenvalue weighted by atomic mass is 16.6. The Morgan fingerprint density at radius 1 is 1.12 bits per heavy atom. The van der Waals surface area contributed by atoms with Crippen LogP contribution in [-0.2, 0) is 9.53 Å². The number of nitro groups is 1. The van der Waals surface area contributed by atoms with Gasteiger partial charge in [-0.05, 0) is 38.5 Å². The largest absolute Gasteiger partial charge is 0.476 e. The molecule has 0 heterocycles. The number of hydrogen-bond acceptors (Lipinski definition) is 5. The van der Waals surface area contributed by atoms with Gasteiger partial charge in [-0.15, -0.1) is 0 Å². The highest BCUT2D eigenvalue weighted by Gasteiger charge is 2.69. The Morgan fingerprint density at radius 3 is 1.80 bits per heavy atom. The summed E-state index contributed by atoms with van der Waals surface area (Å²) in [6.45, 7) is 14.7. The molecule has 2 atom stereocenters. The van der Waals surface area contributed by atoms with Crippen LogP contribution in [0.15, 0.2) is 0 Å². The fraction of sp³-hybridized carbons (Fsp3) is 0.882. The molecule has 0 fully saturated rings. The molecule has 0 radical (unpaired) electrons. The Kier molecular flexibility index (Phi) is 6.64. The van der Waals surface area contributed by atoms with E-state index in [9.17, 15) is 24.8 Å². The van der Waals surface area contributed by atoms with E-state index < -0.39 is 39.1 Å². The number of alkyl carbamates (subject to hydrolysis) is 1. The van der Waals surface area contributed by atoms with E-state index in [4.69, 9.17) is 4.74 Å². The van der Waals surface area contributed by atoms with E-state index in [0.717, 1.165) is 6.92 Å².